The molecule has 0 unspecified atom stereocenters. The van der Waals surface area contributed by atoms with Crippen molar-refractivity contribution in [3.8, 4) is 12.3 Å². The molecule has 1 aliphatic rings. The number of rotatable bonds is 2. The van der Waals surface area contributed by atoms with Gasteiger partial charge in [-0.3, -0.25) is 0 Å². The summed E-state index contributed by atoms with van der Waals surface area (Å²) >= 11 is 0. The van der Waals surface area contributed by atoms with Crippen LogP contribution in [0.25, 0.3) is 0 Å². The van der Waals surface area contributed by atoms with E-state index in [1.54, 1.807) is 0 Å². The van der Waals surface area contributed by atoms with Crippen LogP contribution in [0.4, 0.5) is 0 Å². The monoisotopic (exact) mass is 139 g/mol. The molecule has 1 atom stereocenters. The van der Waals surface area contributed by atoms with E-state index in [0.29, 0.717) is 12.7 Å². The molecule has 0 aliphatic carbocycles. The first kappa shape index (κ1) is 7.59. The van der Waals surface area contributed by atoms with Gasteiger partial charge in [-0.25, -0.2) is 0 Å². The molecule has 0 spiro atoms. The number of nitrogens with one attached hydrogen (secondary N) is 1. The minimum atomic E-state index is 0.352. The minimum absolute atomic E-state index is 0.352. The van der Waals surface area contributed by atoms with Crippen LogP contribution in [0.2, 0.25) is 0 Å². The molecule has 0 aromatic rings. The summed E-state index contributed by atoms with van der Waals surface area (Å²) < 4.78 is 5.33. The van der Waals surface area contributed by atoms with Crippen LogP contribution in [0.5, 0.6) is 0 Å². The van der Waals surface area contributed by atoms with E-state index in [4.69, 9.17) is 11.2 Å². The topological polar surface area (TPSA) is 21.3 Å². The quantitative estimate of drug-likeness (QED) is 0.559. The van der Waals surface area contributed by atoms with Crippen molar-refractivity contribution < 1.29 is 4.74 Å². The molecule has 0 amide bonds. The standard InChI is InChI=1S/C8H13NO/c1-2-6-10-8-4-3-5-9-7-8/h1,8-9H,3-7H2/t8-/m1/s1. The number of terminal acetylenes is 1. The number of hydrogen-bond acceptors (Lipinski definition) is 2. The van der Waals surface area contributed by atoms with Gasteiger partial charge in [0, 0.05) is 6.54 Å². The van der Waals surface area contributed by atoms with Crippen molar-refractivity contribution in [3.05, 3.63) is 0 Å². The van der Waals surface area contributed by atoms with E-state index >= 15 is 0 Å². The van der Waals surface area contributed by atoms with Crippen LogP contribution in [0.3, 0.4) is 0 Å². The Bertz CT molecular complexity index is 122. The van der Waals surface area contributed by atoms with Gasteiger partial charge in [0.05, 0.1) is 6.10 Å². The largest absolute Gasteiger partial charge is 0.364 e. The molecule has 1 aliphatic heterocycles. The zero-order valence-corrected chi connectivity index (χ0v) is 6.10. The van der Waals surface area contributed by atoms with E-state index in [-0.39, 0.29) is 0 Å². The molecular weight excluding hydrogens is 126 g/mol. The fourth-order valence-corrected chi connectivity index (χ4v) is 1.13. The third-order valence-corrected chi connectivity index (χ3v) is 1.65. The van der Waals surface area contributed by atoms with Crippen molar-refractivity contribution in [3.63, 3.8) is 0 Å². The van der Waals surface area contributed by atoms with Gasteiger partial charge >= 0.3 is 0 Å². The zero-order chi connectivity index (χ0) is 7.23. The normalized spacial score (nSPS) is 25.7. The third kappa shape index (κ3) is 2.38. The van der Waals surface area contributed by atoms with Gasteiger partial charge in [-0.15, -0.1) is 6.42 Å². The second-order valence-corrected chi connectivity index (χ2v) is 2.48. The van der Waals surface area contributed by atoms with E-state index < -0.39 is 0 Å². The lowest BCUT2D eigenvalue weighted by atomic mass is 10.1. The first-order chi connectivity index (χ1) is 4.93. The summed E-state index contributed by atoms with van der Waals surface area (Å²) in [6.07, 6.45) is 7.75. The molecule has 1 fully saturated rings. The molecular formula is C8H13NO. The molecule has 1 N–H and O–H groups in total. The second-order valence-electron chi connectivity index (χ2n) is 2.48. The lowest BCUT2D eigenvalue weighted by Gasteiger charge is -2.21. The van der Waals surface area contributed by atoms with E-state index in [1.165, 1.54) is 6.42 Å². The van der Waals surface area contributed by atoms with Crippen molar-refractivity contribution in [1.29, 1.82) is 0 Å². The highest BCUT2D eigenvalue weighted by molar-refractivity contribution is 4.84. The maximum absolute atomic E-state index is 5.33. The second kappa shape index (κ2) is 4.32. The van der Waals surface area contributed by atoms with Gasteiger partial charge in [0.15, 0.2) is 0 Å². The van der Waals surface area contributed by atoms with Crippen molar-refractivity contribution in [2.24, 2.45) is 0 Å². The lowest BCUT2D eigenvalue weighted by Crippen LogP contribution is -2.35. The summed E-state index contributed by atoms with van der Waals surface area (Å²) in [7, 11) is 0. The summed E-state index contributed by atoms with van der Waals surface area (Å²) in [6, 6.07) is 0. The molecule has 1 heterocycles. The maximum Gasteiger partial charge on any atom is 0.107 e. The van der Waals surface area contributed by atoms with Gasteiger partial charge < -0.3 is 10.1 Å². The Balaban J connectivity index is 2.09. The molecule has 0 aromatic carbocycles. The Morgan fingerprint density at radius 2 is 2.60 bits per heavy atom. The van der Waals surface area contributed by atoms with E-state index in [2.05, 4.69) is 11.2 Å². The van der Waals surface area contributed by atoms with Crippen molar-refractivity contribution in [2.75, 3.05) is 19.7 Å². The Labute approximate surface area is 62.0 Å². The molecule has 0 radical (unpaired) electrons. The summed E-state index contributed by atoms with van der Waals surface area (Å²) in [6.45, 7) is 2.53. The molecule has 2 nitrogen and oxygen atoms in total. The first-order valence-corrected chi connectivity index (χ1v) is 3.69. The van der Waals surface area contributed by atoms with Crippen LogP contribution in [-0.2, 0) is 4.74 Å². The zero-order valence-electron chi connectivity index (χ0n) is 6.10. The molecule has 1 rings (SSSR count). The smallest absolute Gasteiger partial charge is 0.107 e. The van der Waals surface area contributed by atoms with Crippen LogP contribution < -0.4 is 5.32 Å². The predicted molar refractivity (Wildman–Crippen MR) is 40.7 cm³/mol. The Morgan fingerprint density at radius 1 is 1.70 bits per heavy atom. The van der Waals surface area contributed by atoms with Crippen LogP contribution in [0.15, 0.2) is 0 Å². The Kier molecular flexibility index (Phi) is 3.28. The molecule has 10 heavy (non-hydrogen) atoms. The van der Waals surface area contributed by atoms with E-state index in [0.717, 1.165) is 19.5 Å². The molecule has 0 saturated carbocycles. The van der Waals surface area contributed by atoms with Gasteiger partial charge in [-0.05, 0) is 19.4 Å². The molecule has 56 valence electrons. The predicted octanol–water partition coefficient (Wildman–Crippen LogP) is 0.388. The number of hydrogen-bond donors (Lipinski definition) is 1. The fraction of sp³-hybridized carbons (Fsp3) is 0.750. The highest BCUT2D eigenvalue weighted by Crippen LogP contribution is 2.04. The highest BCUT2D eigenvalue weighted by Gasteiger charge is 2.11. The van der Waals surface area contributed by atoms with E-state index in [1.807, 2.05) is 0 Å². The lowest BCUT2D eigenvalue weighted by molar-refractivity contribution is 0.0591. The van der Waals surface area contributed by atoms with Crippen molar-refractivity contribution >= 4 is 0 Å². The minimum Gasteiger partial charge on any atom is -0.364 e. The van der Waals surface area contributed by atoms with Gasteiger partial charge in [0.2, 0.25) is 0 Å². The van der Waals surface area contributed by atoms with Crippen molar-refractivity contribution in [2.45, 2.75) is 18.9 Å². The van der Waals surface area contributed by atoms with Crippen LogP contribution in [0, 0.1) is 12.3 Å². The van der Waals surface area contributed by atoms with Gasteiger partial charge in [-0.1, -0.05) is 5.92 Å². The first-order valence-electron chi connectivity index (χ1n) is 3.69. The summed E-state index contributed by atoms with van der Waals surface area (Å²) in [5, 5.41) is 3.25. The molecule has 1 saturated heterocycles. The highest BCUT2D eigenvalue weighted by atomic mass is 16.5. The SMILES string of the molecule is C#CCO[C@@H]1CCCNC1. The average molecular weight is 139 g/mol. The van der Waals surface area contributed by atoms with Crippen molar-refractivity contribution in [1.82, 2.24) is 5.32 Å². The summed E-state index contributed by atoms with van der Waals surface area (Å²) in [4.78, 5) is 0. The molecule has 0 bridgehead atoms. The summed E-state index contributed by atoms with van der Waals surface area (Å²) in [5.74, 6) is 2.46. The van der Waals surface area contributed by atoms with Gasteiger partial charge in [-0.2, -0.15) is 0 Å². The fourth-order valence-electron chi connectivity index (χ4n) is 1.13. The van der Waals surface area contributed by atoms with Gasteiger partial charge in [0.25, 0.3) is 0 Å². The number of ether oxygens (including phenoxy) is 1. The summed E-state index contributed by atoms with van der Waals surface area (Å²) in [5.41, 5.74) is 0. The van der Waals surface area contributed by atoms with E-state index in [9.17, 15) is 0 Å². The van der Waals surface area contributed by atoms with Crippen LogP contribution in [0.1, 0.15) is 12.8 Å². The molecule has 0 aromatic heterocycles. The number of piperidine rings is 1. The average Bonchev–Trinajstić information content (AvgIpc) is 2.03. The van der Waals surface area contributed by atoms with Crippen LogP contribution in [-0.4, -0.2) is 25.8 Å². The Hall–Kier alpha value is -0.520. The van der Waals surface area contributed by atoms with Gasteiger partial charge in [0.1, 0.15) is 6.61 Å². The van der Waals surface area contributed by atoms with Crippen LogP contribution >= 0.6 is 0 Å². The Morgan fingerprint density at radius 3 is 3.20 bits per heavy atom. The third-order valence-electron chi connectivity index (χ3n) is 1.65. The molecule has 2 heteroatoms. The maximum atomic E-state index is 5.33.